The van der Waals surface area contributed by atoms with Crippen LogP contribution in [0.5, 0.6) is 0 Å². The third-order valence-corrected chi connectivity index (χ3v) is 5.74. The molecule has 2 heterocycles. The summed E-state index contributed by atoms with van der Waals surface area (Å²) < 4.78 is 1.12. The molecule has 0 aliphatic carbocycles. The zero-order chi connectivity index (χ0) is 19.5. The maximum Gasteiger partial charge on any atom is 0.253 e. The summed E-state index contributed by atoms with van der Waals surface area (Å²) in [6.45, 7) is 2.83. The second kappa shape index (κ2) is 8.45. The molecular formula is C21H18ClIN4O. The van der Waals surface area contributed by atoms with E-state index in [1.165, 1.54) is 0 Å². The number of benzene rings is 2. The van der Waals surface area contributed by atoms with Crippen LogP contribution in [0, 0.1) is 3.57 Å². The lowest BCUT2D eigenvalue weighted by atomic mass is 10.1. The fourth-order valence-corrected chi connectivity index (χ4v) is 3.67. The smallest absolute Gasteiger partial charge is 0.253 e. The van der Waals surface area contributed by atoms with Gasteiger partial charge in [0.2, 0.25) is 0 Å². The Bertz CT molecular complexity index is 953. The van der Waals surface area contributed by atoms with Crippen LogP contribution in [0.15, 0.2) is 60.7 Å². The molecule has 1 fully saturated rings. The summed E-state index contributed by atoms with van der Waals surface area (Å²) in [4.78, 5) is 16.7. The number of halogens is 2. The van der Waals surface area contributed by atoms with Gasteiger partial charge < -0.3 is 9.80 Å². The topological polar surface area (TPSA) is 49.3 Å². The van der Waals surface area contributed by atoms with E-state index in [1.54, 1.807) is 0 Å². The van der Waals surface area contributed by atoms with Crippen LogP contribution < -0.4 is 4.90 Å². The van der Waals surface area contributed by atoms with E-state index in [9.17, 15) is 4.79 Å². The molecule has 3 aromatic rings. The van der Waals surface area contributed by atoms with E-state index < -0.39 is 0 Å². The minimum Gasteiger partial charge on any atom is -0.352 e. The number of piperazine rings is 1. The molecule has 0 radical (unpaired) electrons. The van der Waals surface area contributed by atoms with Crippen molar-refractivity contribution in [3.8, 4) is 11.3 Å². The number of carbonyl (C=O) groups is 1. The van der Waals surface area contributed by atoms with Crippen molar-refractivity contribution < 1.29 is 4.79 Å². The summed E-state index contributed by atoms with van der Waals surface area (Å²) in [5.41, 5.74) is 2.53. The average molecular weight is 505 g/mol. The lowest BCUT2D eigenvalue weighted by Crippen LogP contribution is -2.49. The highest BCUT2D eigenvalue weighted by molar-refractivity contribution is 14.1. The molecule has 142 valence electrons. The molecule has 0 N–H and O–H groups in total. The van der Waals surface area contributed by atoms with Crippen LogP contribution >= 0.6 is 34.2 Å². The van der Waals surface area contributed by atoms with Gasteiger partial charge in [-0.25, -0.2) is 0 Å². The average Bonchev–Trinajstić information content (AvgIpc) is 2.75. The summed E-state index contributed by atoms with van der Waals surface area (Å²) in [6, 6.07) is 19.2. The second-order valence-electron chi connectivity index (χ2n) is 6.57. The molecule has 5 nitrogen and oxygen atoms in total. The first-order chi connectivity index (χ1) is 13.6. The number of rotatable bonds is 3. The zero-order valence-corrected chi connectivity index (χ0v) is 18.0. The highest BCUT2D eigenvalue weighted by atomic mass is 127. The van der Waals surface area contributed by atoms with Crippen molar-refractivity contribution in [1.82, 2.24) is 15.1 Å². The lowest BCUT2D eigenvalue weighted by Gasteiger charge is -2.35. The lowest BCUT2D eigenvalue weighted by molar-refractivity contribution is 0.0746. The number of hydrogen-bond donors (Lipinski definition) is 0. The normalized spacial score (nSPS) is 14.2. The van der Waals surface area contributed by atoms with Gasteiger partial charge in [-0.2, -0.15) is 0 Å². The number of amides is 1. The molecule has 7 heteroatoms. The summed E-state index contributed by atoms with van der Waals surface area (Å²) in [5.74, 6) is 0.916. The van der Waals surface area contributed by atoms with E-state index in [2.05, 4.69) is 37.7 Å². The molecule has 28 heavy (non-hydrogen) atoms. The summed E-state index contributed by atoms with van der Waals surface area (Å²) in [7, 11) is 0. The first-order valence-corrected chi connectivity index (χ1v) is 10.5. The van der Waals surface area contributed by atoms with Crippen LogP contribution in [0.1, 0.15) is 10.4 Å². The van der Waals surface area contributed by atoms with Crippen molar-refractivity contribution >= 4 is 45.9 Å². The van der Waals surface area contributed by atoms with E-state index in [1.807, 2.05) is 65.6 Å². The largest absolute Gasteiger partial charge is 0.352 e. The Morgan fingerprint density at radius 3 is 2.14 bits per heavy atom. The van der Waals surface area contributed by atoms with E-state index >= 15 is 0 Å². The Morgan fingerprint density at radius 1 is 0.857 bits per heavy atom. The van der Waals surface area contributed by atoms with E-state index in [-0.39, 0.29) is 5.91 Å². The van der Waals surface area contributed by atoms with Gasteiger partial charge in [0.1, 0.15) is 0 Å². The minimum atomic E-state index is 0.0835. The van der Waals surface area contributed by atoms with Gasteiger partial charge in [0.15, 0.2) is 5.82 Å². The Kier molecular flexibility index (Phi) is 5.77. The number of nitrogens with zero attached hydrogens (tertiary/aromatic N) is 4. The minimum absolute atomic E-state index is 0.0835. The Hall–Kier alpha value is -2.19. The van der Waals surface area contributed by atoms with Gasteiger partial charge in [-0.05, 0) is 71.1 Å². The number of aromatic nitrogens is 2. The van der Waals surface area contributed by atoms with Gasteiger partial charge in [0.05, 0.1) is 5.69 Å². The van der Waals surface area contributed by atoms with E-state index in [4.69, 9.17) is 11.6 Å². The van der Waals surface area contributed by atoms with E-state index in [0.717, 1.165) is 39.3 Å². The van der Waals surface area contributed by atoms with Gasteiger partial charge in [-0.3, -0.25) is 4.79 Å². The Labute approximate surface area is 182 Å². The summed E-state index contributed by atoms with van der Waals surface area (Å²) in [6.07, 6.45) is 0. The SMILES string of the molecule is O=C(c1ccc(I)cc1)N1CCN(c2ccc(-c3ccc(Cl)cc3)nn2)CC1. The standard InChI is InChI=1S/C21H18ClIN4O/c22-17-5-1-15(2-6-17)19-9-10-20(25-24-19)26-11-13-27(14-12-26)21(28)16-3-7-18(23)8-4-16/h1-10H,11-14H2. The second-order valence-corrected chi connectivity index (χ2v) is 8.25. The third kappa shape index (κ3) is 4.28. The van der Waals surface area contributed by atoms with E-state index in [0.29, 0.717) is 18.1 Å². The molecule has 4 rings (SSSR count). The van der Waals surface area contributed by atoms with Gasteiger partial charge in [0, 0.05) is 45.9 Å². The van der Waals surface area contributed by atoms with Crippen molar-refractivity contribution in [1.29, 1.82) is 0 Å². The highest BCUT2D eigenvalue weighted by Gasteiger charge is 2.23. The predicted octanol–water partition coefficient (Wildman–Crippen LogP) is 4.36. The Balaban J connectivity index is 1.39. The van der Waals surface area contributed by atoms with Gasteiger partial charge in [0.25, 0.3) is 5.91 Å². The van der Waals surface area contributed by atoms with Crippen molar-refractivity contribution in [3.63, 3.8) is 0 Å². The van der Waals surface area contributed by atoms with Crippen molar-refractivity contribution in [2.45, 2.75) is 0 Å². The quantitative estimate of drug-likeness (QED) is 0.497. The molecule has 2 aromatic carbocycles. The maximum absolute atomic E-state index is 12.6. The first kappa shape index (κ1) is 19.1. The van der Waals surface area contributed by atoms with Crippen LogP contribution in [0.25, 0.3) is 11.3 Å². The molecule has 0 spiro atoms. The van der Waals surface area contributed by atoms with Crippen LogP contribution in [0.4, 0.5) is 5.82 Å². The van der Waals surface area contributed by atoms with Gasteiger partial charge >= 0.3 is 0 Å². The first-order valence-electron chi connectivity index (χ1n) is 8.99. The molecule has 1 amide bonds. The third-order valence-electron chi connectivity index (χ3n) is 4.77. The monoisotopic (exact) mass is 504 g/mol. The van der Waals surface area contributed by atoms with Crippen molar-refractivity contribution in [3.05, 3.63) is 74.8 Å². The molecule has 1 aromatic heterocycles. The number of anilines is 1. The van der Waals surface area contributed by atoms with Crippen LogP contribution in [0.3, 0.4) is 0 Å². The number of carbonyl (C=O) groups excluding carboxylic acids is 1. The highest BCUT2D eigenvalue weighted by Crippen LogP contribution is 2.21. The molecule has 1 aliphatic rings. The summed E-state index contributed by atoms with van der Waals surface area (Å²) in [5, 5.41) is 9.43. The Morgan fingerprint density at radius 2 is 1.54 bits per heavy atom. The fraction of sp³-hybridized carbons (Fsp3) is 0.190. The zero-order valence-electron chi connectivity index (χ0n) is 15.1. The fourth-order valence-electron chi connectivity index (χ4n) is 3.18. The molecule has 0 atom stereocenters. The van der Waals surface area contributed by atoms with Crippen LogP contribution in [0.2, 0.25) is 5.02 Å². The van der Waals surface area contributed by atoms with Crippen LogP contribution in [-0.2, 0) is 0 Å². The van der Waals surface area contributed by atoms with Crippen molar-refractivity contribution in [2.24, 2.45) is 0 Å². The maximum atomic E-state index is 12.6. The predicted molar refractivity (Wildman–Crippen MR) is 120 cm³/mol. The number of hydrogen-bond acceptors (Lipinski definition) is 4. The molecule has 1 saturated heterocycles. The van der Waals surface area contributed by atoms with Gasteiger partial charge in [-0.1, -0.05) is 23.7 Å². The molecule has 1 aliphatic heterocycles. The summed E-state index contributed by atoms with van der Waals surface area (Å²) >= 11 is 8.18. The molecule has 0 bridgehead atoms. The molecule has 0 saturated carbocycles. The van der Waals surface area contributed by atoms with Crippen molar-refractivity contribution in [2.75, 3.05) is 31.1 Å². The van der Waals surface area contributed by atoms with Gasteiger partial charge in [-0.15, -0.1) is 10.2 Å². The van der Waals surface area contributed by atoms with Crippen LogP contribution in [-0.4, -0.2) is 47.2 Å². The molecule has 0 unspecified atom stereocenters. The molecular weight excluding hydrogens is 487 g/mol.